The minimum atomic E-state index is -0.253. The summed E-state index contributed by atoms with van der Waals surface area (Å²) in [4.78, 5) is 4.79. The van der Waals surface area contributed by atoms with E-state index in [1.807, 2.05) is 53.1 Å². The SMILES string of the molecule is CCNC(=NCc1nncn1-c1ccccc1)NC1CC(C)(C)Oc2ccccc21. The second-order valence-electron chi connectivity index (χ2n) is 7.95. The third-order valence-electron chi connectivity index (χ3n) is 5.06. The molecule has 30 heavy (non-hydrogen) atoms. The number of para-hydroxylation sites is 2. The summed E-state index contributed by atoms with van der Waals surface area (Å²) in [6.45, 7) is 7.48. The highest BCUT2D eigenvalue weighted by Crippen LogP contribution is 2.39. The predicted octanol–water partition coefficient (Wildman–Crippen LogP) is 3.62. The number of aromatic nitrogens is 3. The Hall–Kier alpha value is -3.35. The average Bonchev–Trinajstić information content (AvgIpc) is 3.20. The molecular weight excluding hydrogens is 376 g/mol. The smallest absolute Gasteiger partial charge is 0.192 e. The summed E-state index contributed by atoms with van der Waals surface area (Å²) < 4.78 is 8.11. The van der Waals surface area contributed by atoms with Gasteiger partial charge in [0.1, 0.15) is 24.2 Å². The predicted molar refractivity (Wildman–Crippen MR) is 118 cm³/mol. The zero-order valence-corrected chi connectivity index (χ0v) is 17.7. The lowest BCUT2D eigenvalue weighted by molar-refractivity contribution is 0.0694. The Labute approximate surface area is 177 Å². The Morgan fingerprint density at radius 3 is 2.73 bits per heavy atom. The molecule has 7 nitrogen and oxygen atoms in total. The highest BCUT2D eigenvalue weighted by Gasteiger charge is 2.33. The van der Waals surface area contributed by atoms with Gasteiger partial charge in [-0.1, -0.05) is 36.4 Å². The minimum absolute atomic E-state index is 0.106. The van der Waals surface area contributed by atoms with Crippen molar-refractivity contribution in [1.29, 1.82) is 0 Å². The fraction of sp³-hybridized carbons (Fsp3) is 0.348. The molecule has 1 aliphatic rings. The molecule has 1 unspecified atom stereocenters. The van der Waals surface area contributed by atoms with Crippen LogP contribution in [-0.2, 0) is 6.54 Å². The number of hydrogen-bond donors (Lipinski definition) is 2. The zero-order chi connectivity index (χ0) is 21.0. The number of fused-ring (bicyclic) bond motifs is 1. The monoisotopic (exact) mass is 404 g/mol. The van der Waals surface area contributed by atoms with Gasteiger partial charge in [0.25, 0.3) is 0 Å². The van der Waals surface area contributed by atoms with Gasteiger partial charge in [-0.25, -0.2) is 4.99 Å². The van der Waals surface area contributed by atoms with E-state index in [-0.39, 0.29) is 11.6 Å². The zero-order valence-electron chi connectivity index (χ0n) is 17.7. The molecule has 0 bridgehead atoms. The van der Waals surface area contributed by atoms with Gasteiger partial charge in [0.05, 0.1) is 6.04 Å². The Morgan fingerprint density at radius 1 is 1.17 bits per heavy atom. The van der Waals surface area contributed by atoms with E-state index in [2.05, 4.69) is 47.7 Å². The molecule has 2 aromatic carbocycles. The van der Waals surface area contributed by atoms with Gasteiger partial charge in [0.15, 0.2) is 11.8 Å². The van der Waals surface area contributed by atoms with Gasteiger partial charge < -0.3 is 15.4 Å². The first-order valence-electron chi connectivity index (χ1n) is 10.3. The Balaban J connectivity index is 1.56. The van der Waals surface area contributed by atoms with Crippen LogP contribution in [0.25, 0.3) is 5.69 Å². The molecular formula is C23H28N6O. The number of benzene rings is 2. The largest absolute Gasteiger partial charge is 0.487 e. The molecule has 0 spiro atoms. The lowest BCUT2D eigenvalue weighted by Crippen LogP contribution is -2.45. The Kier molecular flexibility index (Phi) is 5.70. The van der Waals surface area contributed by atoms with Crippen LogP contribution in [0.3, 0.4) is 0 Å². The number of guanidine groups is 1. The van der Waals surface area contributed by atoms with Gasteiger partial charge in [0, 0.05) is 24.2 Å². The van der Waals surface area contributed by atoms with E-state index >= 15 is 0 Å². The number of aliphatic imine (C=N–C) groups is 1. The van der Waals surface area contributed by atoms with Crippen LogP contribution in [-0.4, -0.2) is 32.9 Å². The van der Waals surface area contributed by atoms with Crippen LogP contribution in [0.5, 0.6) is 5.75 Å². The maximum atomic E-state index is 6.15. The summed E-state index contributed by atoms with van der Waals surface area (Å²) in [5.74, 6) is 2.45. The van der Waals surface area contributed by atoms with Crippen molar-refractivity contribution in [2.45, 2.75) is 45.4 Å². The molecule has 0 saturated carbocycles. The van der Waals surface area contributed by atoms with E-state index in [1.54, 1.807) is 6.33 Å². The molecule has 1 aliphatic heterocycles. The molecule has 1 atom stereocenters. The lowest BCUT2D eigenvalue weighted by Gasteiger charge is -2.38. The van der Waals surface area contributed by atoms with Crippen molar-refractivity contribution < 1.29 is 4.74 Å². The molecule has 1 aromatic heterocycles. The minimum Gasteiger partial charge on any atom is -0.487 e. The third kappa shape index (κ3) is 4.45. The average molecular weight is 405 g/mol. The second-order valence-corrected chi connectivity index (χ2v) is 7.95. The molecule has 2 N–H and O–H groups in total. The highest BCUT2D eigenvalue weighted by molar-refractivity contribution is 5.80. The lowest BCUT2D eigenvalue weighted by atomic mass is 9.90. The molecule has 2 heterocycles. The quantitative estimate of drug-likeness (QED) is 0.502. The van der Waals surface area contributed by atoms with Gasteiger partial charge in [-0.15, -0.1) is 10.2 Å². The summed E-state index contributed by atoms with van der Waals surface area (Å²) in [5, 5.41) is 15.3. The Bertz CT molecular complexity index is 1010. The van der Waals surface area contributed by atoms with Crippen LogP contribution in [0.4, 0.5) is 0 Å². The fourth-order valence-corrected chi connectivity index (χ4v) is 3.74. The second kappa shape index (κ2) is 8.57. The molecule has 4 rings (SSSR count). The molecule has 0 aliphatic carbocycles. The van der Waals surface area contributed by atoms with Crippen molar-refractivity contribution in [2.24, 2.45) is 4.99 Å². The molecule has 0 fully saturated rings. The molecule has 3 aromatic rings. The van der Waals surface area contributed by atoms with E-state index in [9.17, 15) is 0 Å². The van der Waals surface area contributed by atoms with Crippen LogP contribution in [0.2, 0.25) is 0 Å². The fourth-order valence-electron chi connectivity index (χ4n) is 3.74. The van der Waals surface area contributed by atoms with E-state index in [1.165, 1.54) is 0 Å². The number of nitrogens with one attached hydrogen (secondary N) is 2. The first kappa shape index (κ1) is 19.9. The summed E-state index contributed by atoms with van der Waals surface area (Å²) in [6, 6.07) is 18.3. The summed E-state index contributed by atoms with van der Waals surface area (Å²) in [5.41, 5.74) is 1.91. The van der Waals surface area contributed by atoms with Crippen molar-refractivity contribution >= 4 is 5.96 Å². The van der Waals surface area contributed by atoms with Crippen molar-refractivity contribution in [3.8, 4) is 11.4 Å². The summed E-state index contributed by atoms with van der Waals surface area (Å²) >= 11 is 0. The number of hydrogen-bond acceptors (Lipinski definition) is 4. The number of rotatable bonds is 5. The maximum Gasteiger partial charge on any atom is 0.192 e. The standard InChI is InChI=1S/C23H28N6O/c1-4-24-22(25-15-21-28-26-16-29(21)17-10-6-5-7-11-17)27-19-14-23(2,3)30-20-13-9-8-12-18(19)20/h5-13,16,19H,4,14-15H2,1-3H3,(H2,24,25,27). The van der Waals surface area contributed by atoms with Gasteiger partial charge >= 0.3 is 0 Å². The number of ether oxygens (including phenoxy) is 1. The van der Waals surface area contributed by atoms with Crippen LogP contribution < -0.4 is 15.4 Å². The van der Waals surface area contributed by atoms with Gasteiger partial charge in [-0.3, -0.25) is 4.57 Å². The first-order valence-corrected chi connectivity index (χ1v) is 10.3. The maximum absolute atomic E-state index is 6.15. The normalized spacial score (nSPS) is 17.7. The first-order chi connectivity index (χ1) is 14.6. The van der Waals surface area contributed by atoms with Crippen LogP contribution in [0.15, 0.2) is 65.9 Å². The van der Waals surface area contributed by atoms with Crippen LogP contribution in [0.1, 0.15) is 44.6 Å². The van der Waals surface area contributed by atoms with E-state index in [0.29, 0.717) is 6.54 Å². The number of nitrogens with zero attached hydrogens (tertiary/aromatic N) is 4. The van der Waals surface area contributed by atoms with Gasteiger partial charge in [0.2, 0.25) is 0 Å². The van der Waals surface area contributed by atoms with Crippen LogP contribution in [0, 0.1) is 0 Å². The van der Waals surface area contributed by atoms with Crippen molar-refractivity contribution in [3.63, 3.8) is 0 Å². The summed E-state index contributed by atoms with van der Waals surface area (Å²) in [7, 11) is 0. The van der Waals surface area contributed by atoms with E-state index in [4.69, 9.17) is 9.73 Å². The molecule has 0 radical (unpaired) electrons. The molecule has 0 saturated heterocycles. The summed E-state index contributed by atoms with van der Waals surface area (Å²) in [6.07, 6.45) is 2.56. The Morgan fingerprint density at radius 2 is 1.93 bits per heavy atom. The third-order valence-corrected chi connectivity index (χ3v) is 5.06. The van der Waals surface area contributed by atoms with Crippen molar-refractivity contribution in [3.05, 3.63) is 72.3 Å². The van der Waals surface area contributed by atoms with Gasteiger partial charge in [-0.2, -0.15) is 0 Å². The van der Waals surface area contributed by atoms with Gasteiger partial charge in [-0.05, 0) is 39.0 Å². The van der Waals surface area contributed by atoms with Crippen molar-refractivity contribution in [1.82, 2.24) is 25.4 Å². The topological polar surface area (TPSA) is 76.4 Å². The molecule has 7 heteroatoms. The molecule has 0 amide bonds. The van der Waals surface area contributed by atoms with E-state index < -0.39 is 0 Å². The van der Waals surface area contributed by atoms with Crippen molar-refractivity contribution in [2.75, 3.05) is 6.54 Å². The highest BCUT2D eigenvalue weighted by atomic mass is 16.5. The molecule has 156 valence electrons. The van der Waals surface area contributed by atoms with E-state index in [0.717, 1.165) is 41.7 Å². The van der Waals surface area contributed by atoms with Crippen LogP contribution >= 0.6 is 0 Å².